The number of hydrogen-bond donors (Lipinski definition) is 0. The fraction of sp³-hybridized carbons (Fsp3) is 0.314. The topological polar surface area (TPSA) is 27.7 Å². The van der Waals surface area contributed by atoms with Crippen LogP contribution in [0.1, 0.15) is 54.0 Å². The highest BCUT2D eigenvalue weighted by atomic mass is 16.5. The third-order valence-corrected chi connectivity index (χ3v) is 6.77. The molecular weight excluding hydrogens is 468 g/mol. The summed E-state index contributed by atoms with van der Waals surface area (Å²) in [7, 11) is 0. The van der Waals surface area contributed by atoms with Gasteiger partial charge in [0.15, 0.2) is 0 Å². The van der Waals surface area contributed by atoms with Gasteiger partial charge in [-0.25, -0.2) is 0 Å². The minimum Gasteiger partial charge on any atom is -0.490 e. The summed E-state index contributed by atoms with van der Waals surface area (Å²) in [5, 5.41) is 6.66. The molecule has 3 nitrogen and oxygen atoms in total. The van der Waals surface area contributed by atoms with Crippen molar-refractivity contribution < 1.29 is 14.2 Å². The summed E-state index contributed by atoms with van der Waals surface area (Å²) in [6.07, 6.45) is 0.928. The Hall–Kier alpha value is -3.72. The molecule has 0 aliphatic heterocycles. The summed E-state index contributed by atoms with van der Waals surface area (Å²) in [5.41, 5.74) is 3.44. The van der Waals surface area contributed by atoms with Crippen molar-refractivity contribution in [3.8, 4) is 28.4 Å². The first kappa shape index (κ1) is 25.9. The molecule has 5 aromatic carbocycles. The molecule has 0 aliphatic rings. The van der Waals surface area contributed by atoms with Crippen LogP contribution in [0.3, 0.4) is 0 Å². The minimum absolute atomic E-state index is 0.0137. The van der Waals surface area contributed by atoms with E-state index in [1.54, 1.807) is 0 Å². The Morgan fingerprint density at radius 2 is 0.789 bits per heavy atom. The molecule has 5 rings (SSSR count). The predicted molar refractivity (Wildman–Crippen MR) is 161 cm³/mol. The van der Waals surface area contributed by atoms with E-state index in [0.717, 1.165) is 61.6 Å². The van der Waals surface area contributed by atoms with Gasteiger partial charge in [0.05, 0.1) is 18.3 Å². The maximum atomic E-state index is 6.72. The Morgan fingerprint density at radius 3 is 1.21 bits per heavy atom. The van der Waals surface area contributed by atoms with Crippen LogP contribution < -0.4 is 14.2 Å². The van der Waals surface area contributed by atoms with Gasteiger partial charge in [-0.15, -0.1) is 0 Å². The largest absolute Gasteiger partial charge is 0.490 e. The molecule has 0 saturated carbocycles. The Balaban J connectivity index is 2.05. The van der Waals surface area contributed by atoms with Crippen LogP contribution in [0.15, 0.2) is 72.8 Å². The lowest BCUT2D eigenvalue weighted by Crippen LogP contribution is -2.12. The summed E-state index contributed by atoms with van der Waals surface area (Å²) in [6, 6.07) is 25.6. The number of benzene rings is 5. The van der Waals surface area contributed by atoms with Gasteiger partial charge >= 0.3 is 0 Å². The zero-order valence-corrected chi connectivity index (χ0v) is 23.6. The molecule has 196 valence electrons. The van der Waals surface area contributed by atoms with E-state index in [-0.39, 0.29) is 18.3 Å². The minimum atomic E-state index is 0.0137. The number of fused-ring (bicyclic) bond motifs is 3. The monoisotopic (exact) mass is 506 g/mol. The number of ether oxygens (including phenoxy) is 3. The molecule has 0 saturated heterocycles. The van der Waals surface area contributed by atoms with Gasteiger partial charge in [0.2, 0.25) is 0 Å². The fourth-order valence-corrected chi connectivity index (χ4v) is 5.48. The summed E-state index contributed by atoms with van der Waals surface area (Å²) in [4.78, 5) is 0. The molecule has 0 N–H and O–H groups in total. The van der Waals surface area contributed by atoms with Gasteiger partial charge in [-0.05, 0) is 58.7 Å². The van der Waals surface area contributed by atoms with Gasteiger partial charge in [0, 0.05) is 38.2 Å². The lowest BCUT2D eigenvalue weighted by molar-refractivity contribution is 0.238. The summed E-state index contributed by atoms with van der Waals surface area (Å²) >= 11 is 0. The van der Waals surface area contributed by atoms with Crippen LogP contribution in [0, 0.1) is 0 Å². The highest BCUT2D eigenvalue weighted by molar-refractivity contribution is 6.19. The van der Waals surface area contributed by atoms with E-state index in [4.69, 9.17) is 14.2 Å². The van der Waals surface area contributed by atoms with Gasteiger partial charge in [-0.3, -0.25) is 0 Å². The Bertz CT molecular complexity index is 1550. The second kappa shape index (κ2) is 10.6. The smallest absolute Gasteiger partial charge is 0.135 e. The van der Waals surface area contributed by atoms with E-state index in [2.05, 4.69) is 121 Å². The van der Waals surface area contributed by atoms with E-state index in [1.807, 2.05) is 0 Å². The van der Waals surface area contributed by atoms with Crippen molar-refractivity contribution in [1.82, 2.24) is 0 Å². The van der Waals surface area contributed by atoms with Gasteiger partial charge in [0.1, 0.15) is 17.2 Å². The van der Waals surface area contributed by atoms with Gasteiger partial charge in [-0.1, -0.05) is 79.7 Å². The van der Waals surface area contributed by atoms with Crippen molar-refractivity contribution >= 4 is 32.3 Å². The SMILES string of the molecule is CCc1c(-c2c3ccccc3c(OC(C)C)c3ccccc23)c(OC(C)C)c2ccccc2c1OC(C)C. The molecule has 0 atom stereocenters. The maximum Gasteiger partial charge on any atom is 0.135 e. The Kier molecular flexibility index (Phi) is 7.21. The average Bonchev–Trinajstić information content (AvgIpc) is 2.89. The van der Waals surface area contributed by atoms with E-state index in [0.29, 0.717) is 0 Å². The van der Waals surface area contributed by atoms with E-state index in [1.165, 1.54) is 11.1 Å². The highest BCUT2D eigenvalue weighted by Gasteiger charge is 2.27. The van der Waals surface area contributed by atoms with Crippen LogP contribution >= 0.6 is 0 Å². The lowest BCUT2D eigenvalue weighted by atomic mass is 9.85. The summed E-state index contributed by atoms with van der Waals surface area (Å²) in [6.45, 7) is 14.8. The van der Waals surface area contributed by atoms with Crippen LogP contribution in [-0.2, 0) is 6.42 Å². The quantitative estimate of drug-likeness (QED) is 0.196. The molecule has 0 fully saturated rings. The molecule has 5 aromatic rings. The molecule has 0 aliphatic carbocycles. The first-order valence-electron chi connectivity index (χ1n) is 13.8. The van der Waals surface area contributed by atoms with E-state index >= 15 is 0 Å². The normalized spacial score (nSPS) is 11.8. The Morgan fingerprint density at radius 1 is 0.447 bits per heavy atom. The van der Waals surface area contributed by atoms with Crippen LogP contribution in [0.5, 0.6) is 17.2 Å². The number of rotatable bonds is 8. The zero-order chi connectivity index (χ0) is 27.0. The molecule has 0 radical (unpaired) electrons. The molecule has 0 unspecified atom stereocenters. The molecule has 0 heterocycles. The third kappa shape index (κ3) is 4.55. The molecular formula is C35H38O3. The van der Waals surface area contributed by atoms with Crippen molar-refractivity contribution in [2.24, 2.45) is 0 Å². The van der Waals surface area contributed by atoms with Crippen molar-refractivity contribution in [3.63, 3.8) is 0 Å². The molecule has 0 aromatic heterocycles. The third-order valence-electron chi connectivity index (χ3n) is 6.77. The van der Waals surface area contributed by atoms with Crippen LogP contribution in [-0.4, -0.2) is 18.3 Å². The first-order valence-corrected chi connectivity index (χ1v) is 13.8. The van der Waals surface area contributed by atoms with Gasteiger partial charge in [-0.2, -0.15) is 0 Å². The summed E-state index contributed by atoms with van der Waals surface area (Å²) < 4.78 is 19.8. The molecule has 3 heteroatoms. The van der Waals surface area contributed by atoms with Crippen molar-refractivity contribution in [1.29, 1.82) is 0 Å². The standard InChI is InChI=1S/C35H38O3/c1-8-24-32(35(38-23(6)7)30-20-14-13-19-29(30)33(24)36-21(2)3)31-25-15-9-11-17-27(25)34(37-22(4)5)28-18-12-10-16-26(28)31/h9-23H,8H2,1-7H3. The second-order valence-corrected chi connectivity index (χ2v) is 10.7. The molecule has 38 heavy (non-hydrogen) atoms. The average molecular weight is 507 g/mol. The molecule has 0 amide bonds. The van der Waals surface area contributed by atoms with Crippen molar-refractivity contribution in [2.45, 2.75) is 73.2 Å². The maximum absolute atomic E-state index is 6.72. The molecule has 0 spiro atoms. The first-order chi connectivity index (χ1) is 18.3. The molecule has 0 bridgehead atoms. The lowest BCUT2D eigenvalue weighted by Gasteiger charge is -2.27. The van der Waals surface area contributed by atoms with Gasteiger partial charge < -0.3 is 14.2 Å². The van der Waals surface area contributed by atoms with E-state index < -0.39 is 0 Å². The van der Waals surface area contributed by atoms with Crippen LogP contribution in [0.2, 0.25) is 0 Å². The predicted octanol–water partition coefficient (Wildman–Crippen LogP) is 9.74. The number of hydrogen-bond acceptors (Lipinski definition) is 3. The van der Waals surface area contributed by atoms with Crippen LogP contribution in [0.4, 0.5) is 0 Å². The zero-order valence-electron chi connectivity index (χ0n) is 23.6. The van der Waals surface area contributed by atoms with Gasteiger partial charge in [0.25, 0.3) is 0 Å². The van der Waals surface area contributed by atoms with Crippen molar-refractivity contribution in [2.75, 3.05) is 0 Å². The highest BCUT2D eigenvalue weighted by Crippen LogP contribution is 2.52. The van der Waals surface area contributed by atoms with Crippen molar-refractivity contribution in [3.05, 3.63) is 78.4 Å². The van der Waals surface area contributed by atoms with E-state index in [9.17, 15) is 0 Å². The Labute approximate surface area is 226 Å². The second-order valence-electron chi connectivity index (χ2n) is 10.7. The van der Waals surface area contributed by atoms with Crippen LogP contribution in [0.25, 0.3) is 43.4 Å². The summed E-state index contributed by atoms with van der Waals surface area (Å²) in [5.74, 6) is 2.79. The fourth-order valence-electron chi connectivity index (χ4n) is 5.48.